The van der Waals surface area contributed by atoms with Gasteiger partial charge in [0.2, 0.25) is 10.0 Å². The molecule has 0 radical (unpaired) electrons. The van der Waals surface area contributed by atoms with E-state index in [1.165, 1.54) is 4.31 Å². The molecule has 3 aromatic rings. The second-order valence-electron chi connectivity index (χ2n) is 7.30. The van der Waals surface area contributed by atoms with Crippen molar-refractivity contribution in [3.05, 3.63) is 57.8 Å². The standard InChI is InChI=1S/C21H22Cl2N4O2S/c1-3-19-24-20-17(12-15(22)13-18(20)23)21(25-19)26-8-10-27(11-9-26)30(28,29)16-6-4-14(2)5-7-16/h4-7,12-13H,3,8-11H2,1-2H3. The van der Waals surface area contributed by atoms with Crippen molar-refractivity contribution in [2.75, 3.05) is 31.1 Å². The highest BCUT2D eigenvalue weighted by molar-refractivity contribution is 7.89. The van der Waals surface area contributed by atoms with Crippen LogP contribution in [0.2, 0.25) is 10.0 Å². The van der Waals surface area contributed by atoms with E-state index in [1.807, 2.05) is 32.0 Å². The fourth-order valence-electron chi connectivity index (χ4n) is 3.59. The molecule has 4 rings (SSSR count). The summed E-state index contributed by atoms with van der Waals surface area (Å²) in [6.45, 7) is 5.70. The largest absolute Gasteiger partial charge is 0.353 e. The van der Waals surface area contributed by atoms with E-state index in [1.54, 1.807) is 18.2 Å². The summed E-state index contributed by atoms with van der Waals surface area (Å²) in [6.07, 6.45) is 0.670. The maximum Gasteiger partial charge on any atom is 0.243 e. The first-order valence-electron chi connectivity index (χ1n) is 9.77. The summed E-state index contributed by atoms with van der Waals surface area (Å²) in [6, 6.07) is 10.4. The highest BCUT2D eigenvalue weighted by Crippen LogP contribution is 2.33. The molecule has 30 heavy (non-hydrogen) atoms. The van der Waals surface area contributed by atoms with Crippen molar-refractivity contribution in [2.24, 2.45) is 0 Å². The molecule has 1 aliphatic heterocycles. The van der Waals surface area contributed by atoms with E-state index < -0.39 is 10.0 Å². The normalized spacial score (nSPS) is 15.7. The number of rotatable bonds is 4. The van der Waals surface area contributed by atoms with E-state index in [2.05, 4.69) is 9.88 Å². The smallest absolute Gasteiger partial charge is 0.243 e. The second-order valence-corrected chi connectivity index (χ2v) is 10.1. The van der Waals surface area contributed by atoms with Crippen molar-refractivity contribution in [3.63, 3.8) is 0 Å². The summed E-state index contributed by atoms with van der Waals surface area (Å²) in [7, 11) is -3.52. The number of piperazine rings is 1. The number of sulfonamides is 1. The summed E-state index contributed by atoms with van der Waals surface area (Å²) in [5.74, 6) is 1.44. The van der Waals surface area contributed by atoms with Gasteiger partial charge in [0.15, 0.2) is 0 Å². The molecular weight excluding hydrogens is 443 g/mol. The third-order valence-electron chi connectivity index (χ3n) is 5.26. The molecule has 0 atom stereocenters. The molecule has 0 amide bonds. The Labute approximate surface area is 186 Å². The van der Waals surface area contributed by atoms with Crippen molar-refractivity contribution < 1.29 is 8.42 Å². The fourth-order valence-corrected chi connectivity index (χ4v) is 5.54. The van der Waals surface area contributed by atoms with Gasteiger partial charge in [-0.1, -0.05) is 47.8 Å². The summed E-state index contributed by atoms with van der Waals surface area (Å²) in [5, 5.41) is 1.78. The number of anilines is 1. The minimum atomic E-state index is -3.52. The van der Waals surface area contributed by atoms with Crippen LogP contribution in [-0.4, -0.2) is 48.9 Å². The van der Waals surface area contributed by atoms with Crippen LogP contribution >= 0.6 is 23.2 Å². The van der Waals surface area contributed by atoms with E-state index in [-0.39, 0.29) is 0 Å². The maximum atomic E-state index is 13.0. The third kappa shape index (κ3) is 3.99. The maximum absolute atomic E-state index is 13.0. The van der Waals surface area contributed by atoms with Crippen molar-refractivity contribution in [3.8, 4) is 0 Å². The van der Waals surface area contributed by atoms with Gasteiger partial charge >= 0.3 is 0 Å². The Bertz CT molecular complexity index is 1190. The van der Waals surface area contributed by atoms with Crippen LogP contribution < -0.4 is 4.90 Å². The van der Waals surface area contributed by atoms with Crippen LogP contribution in [0.3, 0.4) is 0 Å². The summed E-state index contributed by atoms with van der Waals surface area (Å²) < 4.78 is 27.5. The number of nitrogens with zero attached hydrogens (tertiary/aromatic N) is 4. The Morgan fingerprint density at radius 3 is 2.30 bits per heavy atom. The lowest BCUT2D eigenvalue weighted by molar-refractivity contribution is 0.384. The zero-order valence-electron chi connectivity index (χ0n) is 16.8. The first kappa shape index (κ1) is 21.3. The Kier molecular flexibility index (Phi) is 5.90. The molecule has 2 heterocycles. The first-order chi connectivity index (χ1) is 14.3. The molecule has 1 aliphatic rings. The van der Waals surface area contributed by atoms with E-state index in [0.717, 1.165) is 16.8 Å². The van der Waals surface area contributed by atoms with Gasteiger partial charge in [0.1, 0.15) is 11.6 Å². The first-order valence-corrected chi connectivity index (χ1v) is 12.0. The number of aromatic nitrogens is 2. The van der Waals surface area contributed by atoms with Crippen LogP contribution in [0.15, 0.2) is 41.3 Å². The predicted molar refractivity (Wildman–Crippen MR) is 121 cm³/mol. The summed E-state index contributed by atoms with van der Waals surface area (Å²) >= 11 is 12.6. The third-order valence-corrected chi connectivity index (χ3v) is 7.68. The fraction of sp³-hybridized carbons (Fsp3) is 0.333. The Balaban J connectivity index is 1.63. The van der Waals surface area contributed by atoms with Gasteiger partial charge in [-0.2, -0.15) is 4.31 Å². The lowest BCUT2D eigenvalue weighted by Crippen LogP contribution is -2.49. The molecule has 0 saturated carbocycles. The van der Waals surface area contributed by atoms with Gasteiger partial charge in [-0.3, -0.25) is 0 Å². The average molecular weight is 465 g/mol. The van der Waals surface area contributed by atoms with Gasteiger partial charge in [-0.25, -0.2) is 18.4 Å². The Hall–Kier alpha value is -1.93. The van der Waals surface area contributed by atoms with Crippen molar-refractivity contribution in [2.45, 2.75) is 25.2 Å². The number of halogens is 2. The quantitative estimate of drug-likeness (QED) is 0.574. The van der Waals surface area contributed by atoms with Crippen molar-refractivity contribution in [1.82, 2.24) is 14.3 Å². The van der Waals surface area contributed by atoms with Crippen molar-refractivity contribution >= 4 is 49.9 Å². The van der Waals surface area contributed by atoms with Gasteiger partial charge in [-0.05, 0) is 31.2 Å². The molecule has 0 unspecified atom stereocenters. The van der Waals surface area contributed by atoms with Crippen LogP contribution in [0.25, 0.3) is 10.9 Å². The van der Waals surface area contributed by atoms with Gasteiger partial charge in [0.25, 0.3) is 0 Å². The molecule has 1 aromatic heterocycles. The molecule has 2 aromatic carbocycles. The van der Waals surface area contributed by atoms with E-state index in [9.17, 15) is 8.42 Å². The van der Waals surface area contributed by atoms with E-state index in [4.69, 9.17) is 28.2 Å². The predicted octanol–water partition coefficient (Wildman–Crippen LogP) is 4.32. The van der Waals surface area contributed by atoms with Gasteiger partial charge in [0.05, 0.1) is 15.4 Å². The number of hydrogen-bond acceptors (Lipinski definition) is 5. The van der Waals surface area contributed by atoms with Gasteiger partial charge in [-0.15, -0.1) is 0 Å². The second kappa shape index (κ2) is 8.30. The van der Waals surface area contributed by atoms with Gasteiger partial charge in [0, 0.05) is 43.0 Å². The molecule has 6 nitrogen and oxygen atoms in total. The number of benzene rings is 2. The van der Waals surface area contributed by atoms with E-state index >= 15 is 0 Å². The number of hydrogen-bond donors (Lipinski definition) is 0. The zero-order chi connectivity index (χ0) is 21.5. The molecule has 0 N–H and O–H groups in total. The van der Waals surface area contributed by atoms with Crippen molar-refractivity contribution in [1.29, 1.82) is 0 Å². The van der Waals surface area contributed by atoms with Crippen LogP contribution in [-0.2, 0) is 16.4 Å². The van der Waals surface area contributed by atoms with Crippen LogP contribution in [0.4, 0.5) is 5.82 Å². The monoisotopic (exact) mass is 464 g/mol. The minimum Gasteiger partial charge on any atom is -0.353 e. The summed E-state index contributed by atoms with van der Waals surface area (Å²) in [4.78, 5) is 11.7. The zero-order valence-corrected chi connectivity index (χ0v) is 19.1. The summed E-state index contributed by atoms with van der Waals surface area (Å²) in [5.41, 5.74) is 1.69. The molecule has 9 heteroatoms. The highest BCUT2D eigenvalue weighted by atomic mass is 35.5. The molecular formula is C21H22Cl2N4O2S. The van der Waals surface area contributed by atoms with Crippen LogP contribution in [0.5, 0.6) is 0 Å². The molecule has 0 aliphatic carbocycles. The van der Waals surface area contributed by atoms with E-state index in [0.29, 0.717) is 58.9 Å². The van der Waals surface area contributed by atoms with Crippen LogP contribution in [0.1, 0.15) is 18.3 Å². The molecule has 0 spiro atoms. The highest BCUT2D eigenvalue weighted by Gasteiger charge is 2.29. The topological polar surface area (TPSA) is 66.4 Å². The Morgan fingerprint density at radius 1 is 1.00 bits per heavy atom. The molecule has 1 saturated heterocycles. The molecule has 158 valence electrons. The number of fused-ring (bicyclic) bond motifs is 1. The molecule has 1 fully saturated rings. The lowest BCUT2D eigenvalue weighted by Gasteiger charge is -2.35. The van der Waals surface area contributed by atoms with Crippen LogP contribution in [0, 0.1) is 6.92 Å². The SMILES string of the molecule is CCc1nc(N2CCN(S(=O)(=O)c3ccc(C)cc3)CC2)c2cc(Cl)cc(Cl)c2n1. The minimum absolute atomic E-state index is 0.320. The molecule has 0 bridgehead atoms. The average Bonchev–Trinajstić information content (AvgIpc) is 2.73. The Morgan fingerprint density at radius 2 is 1.67 bits per heavy atom. The van der Waals surface area contributed by atoms with Gasteiger partial charge < -0.3 is 4.90 Å². The lowest BCUT2D eigenvalue weighted by atomic mass is 10.2. The number of aryl methyl sites for hydroxylation is 2.